The fourth-order valence-electron chi connectivity index (χ4n) is 1.53. The van der Waals surface area contributed by atoms with Crippen molar-refractivity contribution in [2.45, 2.75) is 19.9 Å². The third-order valence-electron chi connectivity index (χ3n) is 2.89. The van der Waals surface area contributed by atoms with E-state index in [0.717, 1.165) is 0 Å². The van der Waals surface area contributed by atoms with Crippen LogP contribution in [0.25, 0.3) is 0 Å². The van der Waals surface area contributed by atoms with Gasteiger partial charge in [0.1, 0.15) is 0 Å². The van der Waals surface area contributed by atoms with Gasteiger partial charge in [-0.25, -0.2) is 0 Å². The first kappa shape index (κ1) is 13.8. The predicted octanol–water partition coefficient (Wildman–Crippen LogP) is 0.994. The monoisotopic (exact) mass is 287 g/mol. The summed E-state index contributed by atoms with van der Waals surface area (Å²) < 4.78 is 38.2. The minimum Gasteiger partial charge on any atom is -0.454 e. The highest BCUT2D eigenvalue weighted by atomic mass is 32.2. The second-order valence-electron chi connectivity index (χ2n) is 4.51. The number of nitrogen functional groups attached to an aromatic ring is 1. The van der Waals surface area contributed by atoms with Gasteiger partial charge in [-0.05, 0) is 13.8 Å². The third kappa shape index (κ3) is 2.69. The van der Waals surface area contributed by atoms with Crippen LogP contribution in [-0.4, -0.2) is 32.6 Å². The molecule has 3 N–H and O–H groups in total. The molecule has 8 heteroatoms. The quantitative estimate of drug-likeness (QED) is 0.806. The third-order valence-corrected chi connectivity index (χ3v) is 4.55. The SMILES string of the molecule is CC(C)N(C)S(=O)(=O)Nc1cc2c(cc1N)OCO2. The Morgan fingerprint density at radius 1 is 1.32 bits per heavy atom. The van der Waals surface area contributed by atoms with Gasteiger partial charge < -0.3 is 15.2 Å². The summed E-state index contributed by atoms with van der Waals surface area (Å²) in [5.41, 5.74) is 6.35. The van der Waals surface area contributed by atoms with E-state index in [2.05, 4.69) is 4.72 Å². The number of benzene rings is 1. The Kier molecular flexibility index (Phi) is 3.46. The zero-order valence-corrected chi connectivity index (χ0v) is 11.8. The topological polar surface area (TPSA) is 93.9 Å². The van der Waals surface area contributed by atoms with Gasteiger partial charge in [-0.1, -0.05) is 0 Å². The number of nitrogens with zero attached hydrogens (tertiary/aromatic N) is 1. The molecule has 1 aromatic carbocycles. The highest BCUT2D eigenvalue weighted by molar-refractivity contribution is 7.90. The van der Waals surface area contributed by atoms with Crippen molar-refractivity contribution in [3.63, 3.8) is 0 Å². The van der Waals surface area contributed by atoms with Crippen molar-refractivity contribution < 1.29 is 17.9 Å². The number of ether oxygens (including phenoxy) is 2. The predicted molar refractivity (Wildman–Crippen MR) is 72.4 cm³/mol. The Balaban J connectivity index is 2.29. The largest absolute Gasteiger partial charge is 0.454 e. The van der Waals surface area contributed by atoms with E-state index < -0.39 is 10.2 Å². The van der Waals surface area contributed by atoms with E-state index in [0.29, 0.717) is 11.5 Å². The summed E-state index contributed by atoms with van der Waals surface area (Å²) in [5, 5.41) is 0. The lowest BCUT2D eigenvalue weighted by Gasteiger charge is -2.22. The molecule has 0 bridgehead atoms. The summed E-state index contributed by atoms with van der Waals surface area (Å²) in [7, 11) is -2.15. The van der Waals surface area contributed by atoms with Crippen LogP contribution in [0.3, 0.4) is 0 Å². The van der Waals surface area contributed by atoms with Gasteiger partial charge in [0, 0.05) is 25.2 Å². The van der Waals surface area contributed by atoms with Gasteiger partial charge in [0.05, 0.1) is 11.4 Å². The first-order chi connectivity index (χ1) is 8.81. The Morgan fingerprint density at radius 3 is 2.47 bits per heavy atom. The lowest BCUT2D eigenvalue weighted by molar-refractivity contribution is 0.174. The standard InChI is InChI=1S/C11H17N3O4S/c1-7(2)14(3)19(15,16)13-9-5-11-10(4-8(9)12)17-6-18-11/h4-5,7,13H,6,12H2,1-3H3. The average Bonchev–Trinajstić information content (AvgIpc) is 2.75. The Labute approximate surface area is 112 Å². The molecule has 1 aliphatic rings. The van der Waals surface area contributed by atoms with E-state index in [9.17, 15) is 8.42 Å². The maximum Gasteiger partial charge on any atom is 0.301 e. The van der Waals surface area contributed by atoms with Gasteiger partial charge >= 0.3 is 10.2 Å². The summed E-state index contributed by atoms with van der Waals surface area (Å²) in [6.07, 6.45) is 0. The number of nitrogens with one attached hydrogen (secondary N) is 1. The summed E-state index contributed by atoms with van der Waals surface area (Å²) in [4.78, 5) is 0. The Bertz CT molecular complexity index is 586. The van der Waals surface area contributed by atoms with E-state index in [4.69, 9.17) is 15.2 Å². The van der Waals surface area contributed by atoms with Crippen molar-refractivity contribution in [1.29, 1.82) is 0 Å². The second kappa shape index (κ2) is 4.78. The first-order valence-corrected chi connectivity index (χ1v) is 7.20. The van der Waals surface area contributed by atoms with Crippen LogP contribution in [-0.2, 0) is 10.2 Å². The molecule has 106 valence electrons. The van der Waals surface area contributed by atoms with Crippen LogP contribution in [0.4, 0.5) is 11.4 Å². The summed E-state index contributed by atoms with van der Waals surface area (Å²) >= 11 is 0. The minimum atomic E-state index is -3.65. The van der Waals surface area contributed by atoms with Crippen LogP contribution in [0.2, 0.25) is 0 Å². The van der Waals surface area contributed by atoms with Crippen LogP contribution in [0.15, 0.2) is 12.1 Å². The molecule has 0 amide bonds. The molecule has 1 heterocycles. The fourth-order valence-corrected chi connectivity index (χ4v) is 2.69. The molecule has 0 saturated heterocycles. The molecule has 0 saturated carbocycles. The fraction of sp³-hybridized carbons (Fsp3) is 0.455. The molecule has 1 aromatic rings. The summed E-state index contributed by atoms with van der Waals surface area (Å²) in [6.45, 7) is 3.67. The van der Waals surface area contributed by atoms with Crippen LogP contribution >= 0.6 is 0 Å². The van der Waals surface area contributed by atoms with Gasteiger partial charge in [0.2, 0.25) is 6.79 Å². The Hall–Kier alpha value is -1.67. The van der Waals surface area contributed by atoms with Crippen LogP contribution in [0.5, 0.6) is 11.5 Å². The molecular formula is C11H17N3O4S. The number of anilines is 2. The van der Waals surface area contributed by atoms with Crippen molar-refractivity contribution in [3.8, 4) is 11.5 Å². The molecule has 0 aliphatic carbocycles. The number of fused-ring (bicyclic) bond motifs is 1. The first-order valence-electron chi connectivity index (χ1n) is 5.76. The van der Waals surface area contributed by atoms with Gasteiger partial charge in [0.25, 0.3) is 0 Å². The lowest BCUT2D eigenvalue weighted by Crippen LogP contribution is -2.37. The van der Waals surface area contributed by atoms with E-state index in [1.54, 1.807) is 13.8 Å². The van der Waals surface area contributed by atoms with E-state index in [1.165, 1.54) is 23.5 Å². The molecule has 0 fully saturated rings. The maximum absolute atomic E-state index is 12.1. The van der Waals surface area contributed by atoms with Crippen molar-refractivity contribution in [2.24, 2.45) is 0 Å². The molecule has 0 spiro atoms. The molecular weight excluding hydrogens is 270 g/mol. The molecule has 0 radical (unpaired) electrons. The van der Waals surface area contributed by atoms with Crippen molar-refractivity contribution in [2.75, 3.05) is 24.3 Å². The minimum absolute atomic E-state index is 0.108. The molecule has 0 aromatic heterocycles. The van der Waals surface area contributed by atoms with Crippen molar-refractivity contribution in [1.82, 2.24) is 4.31 Å². The van der Waals surface area contributed by atoms with Crippen molar-refractivity contribution >= 4 is 21.6 Å². The van der Waals surface area contributed by atoms with Crippen LogP contribution in [0, 0.1) is 0 Å². The number of hydrogen-bond donors (Lipinski definition) is 2. The van der Waals surface area contributed by atoms with Gasteiger partial charge in [-0.15, -0.1) is 0 Å². The Morgan fingerprint density at radius 2 is 1.89 bits per heavy atom. The molecule has 2 rings (SSSR count). The van der Waals surface area contributed by atoms with E-state index in [1.807, 2.05) is 0 Å². The highest BCUT2D eigenvalue weighted by Crippen LogP contribution is 2.38. The van der Waals surface area contributed by atoms with Crippen LogP contribution < -0.4 is 19.9 Å². The van der Waals surface area contributed by atoms with Gasteiger partial charge in [0.15, 0.2) is 11.5 Å². The zero-order valence-electron chi connectivity index (χ0n) is 11.0. The molecule has 19 heavy (non-hydrogen) atoms. The molecule has 7 nitrogen and oxygen atoms in total. The molecule has 0 unspecified atom stereocenters. The van der Waals surface area contributed by atoms with Crippen LogP contribution in [0.1, 0.15) is 13.8 Å². The highest BCUT2D eigenvalue weighted by Gasteiger charge is 2.23. The zero-order chi connectivity index (χ0) is 14.2. The normalized spacial score (nSPS) is 14.2. The summed E-state index contributed by atoms with van der Waals surface area (Å²) in [6, 6.07) is 2.90. The van der Waals surface area contributed by atoms with Crippen molar-refractivity contribution in [3.05, 3.63) is 12.1 Å². The molecule has 1 aliphatic heterocycles. The maximum atomic E-state index is 12.1. The molecule has 0 atom stereocenters. The summed E-state index contributed by atoms with van der Waals surface area (Å²) in [5.74, 6) is 0.983. The van der Waals surface area contributed by atoms with E-state index >= 15 is 0 Å². The van der Waals surface area contributed by atoms with Gasteiger partial charge in [-0.3, -0.25) is 4.72 Å². The average molecular weight is 287 g/mol. The number of hydrogen-bond acceptors (Lipinski definition) is 5. The number of nitrogens with two attached hydrogens (primary N) is 1. The lowest BCUT2D eigenvalue weighted by atomic mass is 10.2. The smallest absolute Gasteiger partial charge is 0.301 e. The van der Waals surface area contributed by atoms with Gasteiger partial charge in [-0.2, -0.15) is 12.7 Å². The van der Waals surface area contributed by atoms with E-state index in [-0.39, 0.29) is 24.2 Å². The number of rotatable bonds is 4. The second-order valence-corrected chi connectivity index (χ2v) is 6.24.